The molecule has 0 unspecified atom stereocenters. The summed E-state index contributed by atoms with van der Waals surface area (Å²) >= 11 is 0. The highest BCUT2D eigenvalue weighted by atomic mass is 35.5. The first-order valence-electron chi connectivity index (χ1n) is 9.22. The van der Waals surface area contributed by atoms with E-state index >= 15 is 0 Å². The van der Waals surface area contributed by atoms with Gasteiger partial charge < -0.3 is 16.0 Å². The molecule has 1 aliphatic heterocycles. The van der Waals surface area contributed by atoms with Crippen LogP contribution in [0.3, 0.4) is 0 Å². The van der Waals surface area contributed by atoms with Crippen molar-refractivity contribution in [3.63, 3.8) is 0 Å². The number of nitrogens with one attached hydrogen (secondary N) is 1. The number of halogens is 2. The molecule has 2 rings (SSSR count). The molecule has 1 aromatic rings. The van der Waals surface area contributed by atoms with E-state index in [1.807, 2.05) is 57.7 Å². The predicted octanol–water partition coefficient (Wildman–Crippen LogP) is 2.60. The van der Waals surface area contributed by atoms with Crippen molar-refractivity contribution in [2.45, 2.75) is 40.7 Å². The average molecular weight is 433 g/mol. The van der Waals surface area contributed by atoms with Crippen molar-refractivity contribution in [2.24, 2.45) is 11.1 Å². The van der Waals surface area contributed by atoms with E-state index < -0.39 is 6.04 Å². The van der Waals surface area contributed by atoms with Gasteiger partial charge in [-0.15, -0.1) is 24.8 Å². The number of nitrogens with zero attached hydrogens (tertiary/aromatic N) is 2. The maximum atomic E-state index is 12.5. The topological polar surface area (TPSA) is 78.7 Å². The first kappa shape index (κ1) is 26.7. The molecule has 0 saturated carbocycles. The van der Waals surface area contributed by atoms with E-state index in [9.17, 15) is 9.59 Å². The number of hydrogen-bond donors (Lipinski definition) is 2. The van der Waals surface area contributed by atoms with Crippen LogP contribution in [-0.4, -0.2) is 60.4 Å². The molecule has 1 aliphatic rings. The Hall–Kier alpha value is -1.34. The van der Waals surface area contributed by atoms with Gasteiger partial charge in [0.15, 0.2) is 0 Å². The zero-order chi connectivity index (χ0) is 19.5. The van der Waals surface area contributed by atoms with E-state index in [0.29, 0.717) is 32.7 Å². The number of anilines is 1. The Labute approximate surface area is 181 Å². The summed E-state index contributed by atoms with van der Waals surface area (Å²) in [7, 11) is 0. The van der Waals surface area contributed by atoms with Gasteiger partial charge in [0.2, 0.25) is 11.8 Å². The number of carbonyl (C=O) groups excluding carboxylic acids is 2. The van der Waals surface area contributed by atoms with Crippen molar-refractivity contribution in [2.75, 3.05) is 38.0 Å². The highest BCUT2D eigenvalue weighted by Crippen LogP contribution is 2.20. The molecule has 3 N–H and O–H groups in total. The van der Waals surface area contributed by atoms with Gasteiger partial charge in [0.1, 0.15) is 0 Å². The Morgan fingerprint density at radius 3 is 2.21 bits per heavy atom. The summed E-state index contributed by atoms with van der Waals surface area (Å²) in [6.45, 7) is 12.9. The lowest BCUT2D eigenvalue weighted by atomic mass is 9.86. The maximum absolute atomic E-state index is 12.5. The van der Waals surface area contributed by atoms with Gasteiger partial charge in [-0.25, -0.2) is 0 Å². The van der Waals surface area contributed by atoms with Gasteiger partial charge >= 0.3 is 0 Å². The lowest BCUT2D eigenvalue weighted by Crippen LogP contribution is -2.56. The minimum absolute atomic E-state index is 0. The number of rotatable bonds is 4. The molecular formula is C20H34Cl2N4O2. The van der Waals surface area contributed by atoms with Gasteiger partial charge in [-0.2, -0.15) is 0 Å². The second-order valence-corrected chi connectivity index (χ2v) is 8.24. The van der Waals surface area contributed by atoms with Crippen LogP contribution in [-0.2, 0) is 9.59 Å². The first-order chi connectivity index (χ1) is 12.1. The van der Waals surface area contributed by atoms with Gasteiger partial charge in [0.25, 0.3) is 0 Å². The number of carbonyl (C=O) groups is 2. The molecule has 1 atom stereocenters. The van der Waals surface area contributed by atoms with Crippen LogP contribution in [0, 0.1) is 19.3 Å². The monoisotopic (exact) mass is 432 g/mol. The Balaban J connectivity index is 0.00000364. The number of aryl methyl sites for hydroxylation is 1. The number of amides is 2. The van der Waals surface area contributed by atoms with E-state index in [2.05, 4.69) is 10.2 Å². The van der Waals surface area contributed by atoms with Gasteiger partial charge in [0, 0.05) is 31.9 Å². The molecule has 2 amide bonds. The molecule has 6 nitrogen and oxygen atoms in total. The molecule has 0 spiro atoms. The zero-order valence-corrected chi connectivity index (χ0v) is 19.1. The predicted molar refractivity (Wildman–Crippen MR) is 119 cm³/mol. The van der Waals surface area contributed by atoms with Crippen molar-refractivity contribution in [1.82, 2.24) is 9.80 Å². The fourth-order valence-electron chi connectivity index (χ4n) is 2.97. The molecule has 0 bridgehead atoms. The van der Waals surface area contributed by atoms with E-state index in [-0.39, 0.29) is 42.0 Å². The summed E-state index contributed by atoms with van der Waals surface area (Å²) in [6, 6.07) is 5.40. The van der Waals surface area contributed by atoms with Gasteiger partial charge in [-0.1, -0.05) is 32.9 Å². The van der Waals surface area contributed by atoms with Gasteiger partial charge in [-0.05, 0) is 36.5 Å². The van der Waals surface area contributed by atoms with E-state index in [1.165, 1.54) is 0 Å². The molecular weight excluding hydrogens is 399 g/mol. The summed E-state index contributed by atoms with van der Waals surface area (Å²) in [6.07, 6.45) is 0. The molecule has 8 heteroatoms. The van der Waals surface area contributed by atoms with Crippen LogP contribution in [0.1, 0.15) is 31.9 Å². The zero-order valence-electron chi connectivity index (χ0n) is 17.4. The fraction of sp³-hybridized carbons (Fsp3) is 0.600. The van der Waals surface area contributed by atoms with Crippen molar-refractivity contribution in [1.29, 1.82) is 0 Å². The van der Waals surface area contributed by atoms with Crippen LogP contribution in [0.2, 0.25) is 0 Å². The molecule has 1 aromatic carbocycles. The SMILES string of the molecule is Cc1cccc(NC(=O)CN2CCN(C(=O)[C@@H](N)C(C)(C)C)CC2)c1C.Cl.Cl. The van der Waals surface area contributed by atoms with Crippen molar-refractivity contribution in [3.8, 4) is 0 Å². The van der Waals surface area contributed by atoms with Crippen molar-refractivity contribution in [3.05, 3.63) is 29.3 Å². The van der Waals surface area contributed by atoms with Crippen LogP contribution in [0.25, 0.3) is 0 Å². The molecule has 0 aliphatic carbocycles. The Kier molecular flexibility index (Phi) is 10.5. The number of benzene rings is 1. The van der Waals surface area contributed by atoms with Gasteiger partial charge in [0.05, 0.1) is 12.6 Å². The van der Waals surface area contributed by atoms with E-state index in [0.717, 1.165) is 16.8 Å². The average Bonchev–Trinajstić information content (AvgIpc) is 2.57. The Morgan fingerprint density at radius 2 is 1.68 bits per heavy atom. The number of nitrogens with two attached hydrogens (primary N) is 1. The lowest BCUT2D eigenvalue weighted by molar-refractivity contribution is -0.136. The van der Waals surface area contributed by atoms with Crippen LogP contribution in [0.15, 0.2) is 18.2 Å². The quantitative estimate of drug-likeness (QED) is 0.765. The molecule has 0 aromatic heterocycles. The van der Waals surface area contributed by atoms with Crippen LogP contribution in [0.4, 0.5) is 5.69 Å². The summed E-state index contributed by atoms with van der Waals surface area (Å²) < 4.78 is 0. The second-order valence-electron chi connectivity index (χ2n) is 8.24. The van der Waals surface area contributed by atoms with Crippen LogP contribution in [0.5, 0.6) is 0 Å². The normalized spacial score (nSPS) is 15.9. The standard InChI is InChI=1S/C20H32N4O2.2ClH/c1-14-7-6-8-16(15(14)2)22-17(25)13-23-9-11-24(12-10-23)19(26)18(21)20(3,4)5;;/h6-8,18H,9-13,21H2,1-5H3,(H,22,25);2*1H/t18-;;/m1../s1. The highest BCUT2D eigenvalue weighted by molar-refractivity contribution is 5.93. The lowest BCUT2D eigenvalue weighted by Gasteiger charge is -2.37. The van der Waals surface area contributed by atoms with E-state index in [1.54, 1.807) is 0 Å². The molecule has 160 valence electrons. The summed E-state index contributed by atoms with van der Waals surface area (Å²) in [5.74, 6) is -0.0261. The molecule has 28 heavy (non-hydrogen) atoms. The minimum atomic E-state index is -0.498. The third-order valence-electron chi connectivity index (χ3n) is 5.13. The maximum Gasteiger partial charge on any atom is 0.240 e. The molecule has 0 radical (unpaired) electrons. The third-order valence-corrected chi connectivity index (χ3v) is 5.13. The highest BCUT2D eigenvalue weighted by Gasteiger charge is 2.32. The Bertz CT molecular complexity index is 669. The summed E-state index contributed by atoms with van der Waals surface area (Å²) in [5, 5.41) is 2.99. The second kappa shape index (κ2) is 11.0. The first-order valence-corrected chi connectivity index (χ1v) is 9.22. The van der Waals surface area contributed by atoms with E-state index in [4.69, 9.17) is 5.73 Å². The fourth-order valence-corrected chi connectivity index (χ4v) is 2.97. The number of piperazine rings is 1. The molecule has 1 fully saturated rings. The number of hydrogen-bond acceptors (Lipinski definition) is 4. The smallest absolute Gasteiger partial charge is 0.240 e. The van der Waals surface area contributed by atoms with Gasteiger partial charge in [-0.3, -0.25) is 14.5 Å². The summed E-state index contributed by atoms with van der Waals surface area (Å²) in [4.78, 5) is 28.7. The van der Waals surface area contributed by atoms with Crippen molar-refractivity contribution >= 4 is 42.3 Å². The summed E-state index contributed by atoms with van der Waals surface area (Å²) in [5.41, 5.74) is 8.94. The minimum Gasteiger partial charge on any atom is -0.339 e. The molecule has 1 heterocycles. The van der Waals surface area contributed by atoms with Crippen molar-refractivity contribution < 1.29 is 9.59 Å². The third kappa shape index (κ3) is 6.92. The van der Waals surface area contributed by atoms with Crippen LogP contribution < -0.4 is 11.1 Å². The molecule has 1 saturated heterocycles. The van der Waals surface area contributed by atoms with Crippen LogP contribution >= 0.6 is 24.8 Å². The largest absolute Gasteiger partial charge is 0.339 e. The Morgan fingerprint density at radius 1 is 1.11 bits per heavy atom.